The number of carbonyl (C=O) groups is 4. The molecule has 2 fully saturated rings. The van der Waals surface area contributed by atoms with Gasteiger partial charge < -0.3 is 16.5 Å². The number of hydrogen-bond donors (Lipinski definition) is 3. The quantitative estimate of drug-likeness (QED) is 0.567. The molecule has 0 radical (unpaired) electrons. The average Bonchev–Trinajstić information content (AvgIpc) is 3.53. The van der Waals surface area contributed by atoms with Crippen LogP contribution >= 0.6 is 0 Å². The highest BCUT2D eigenvalue weighted by Gasteiger charge is 2.67. The molecule has 2 aliphatic rings. The molecule has 3 amide bonds. The fourth-order valence-corrected chi connectivity index (χ4v) is 5.81. The molecular weight excluding hydrogens is 422 g/mol. The Balaban J connectivity index is 1.69. The molecule has 1 saturated carbocycles. The molecule has 5 N–H and O–H groups in total. The minimum absolute atomic E-state index is 0.00301. The van der Waals surface area contributed by atoms with E-state index in [-0.39, 0.29) is 43.3 Å². The molecule has 0 bridgehead atoms. The Bertz CT molecular complexity index is 1070. The molecule has 9 heteroatoms. The number of ketones is 2. The monoisotopic (exact) mass is 452 g/mol. The van der Waals surface area contributed by atoms with E-state index < -0.39 is 33.9 Å². The van der Waals surface area contributed by atoms with Crippen molar-refractivity contribution >= 4 is 23.5 Å². The van der Waals surface area contributed by atoms with Gasteiger partial charge >= 0.3 is 11.9 Å². The molecule has 1 saturated heterocycles. The number of primary amides is 1. The van der Waals surface area contributed by atoms with E-state index in [9.17, 15) is 19.2 Å². The predicted molar refractivity (Wildman–Crippen MR) is 120 cm³/mol. The number of nitrogens with zero attached hydrogens (tertiary/aromatic N) is 2. The van der Waals surface area contributed by atoms with Gasteiger partial charge in [0.2, 0.25) is 0 Å². The first kappa shape index (κ1) is 23.0. The first-order valence-corrected chi connectivity index (χ1v) is 11.3. The van der Waals surface area contributed by atoms with Crippen LogP contribution in [-0.2, 0) is 20.8 Å². The van der Waals surface area contributed by atoms with Crippen LogP contribution in [0.2, 0.25) is 0 Å². The number of carbonyl (C=O) groups excluding carboxylic acids is 4. The zero-order valence-electron chi connectivity index (χ0n) is 18.7. The van der Waals surface area contributed by atoms with Crippen molar-refractivity contribution in [3.63, 3.8) is 0 Å². The number of benzene rings is 1. The Hall–Kier alpha value is -3.17. The zero-order chi connectivity index (χ0) is 23.8. The second-order valence-electron chi connectivity index (χ2n) is 9.41. The maximum Gasteiger partial charge on any atom is 0.422 e. The number of quaternary nitrogens is 1. The summed E-state index contributed by atoms with van der Waals surface area (Å²) in [5.74, 6) is -1.74. The van der Waals surface area contributed by atoms with Crippen LogP contribution in [0.5, 0.6) is 0 Å². The van der Waals surface area contributed by atoms with E-state index in [0.29, 0.717) is 18.5 Å². The van der Waals surface area contributed by atoms with Crippen LogP contribution in [0.15, 0.2) is 42.9 Å². The van der Waals surface area contributed by atoms with Crippen molar-refractivity contribution in [2.45, 2.75) is 56.5 Å². The first-order chi connectivity index (χ1) is 15.7. The number of likely N-dealkylation sites (tertiary alicyclic amines) is 1. The van der Waals surface area contributed by atoms with Crippen LogP contribution in [-0.4, -0.2) is 56.1 Å². The zero-order valence-corrected chi connectivity index (χ0v) is 18.7. The number of aromatic nitrogens is 2. The van der Waals surface area contributed by atoms with E-state index in [4.69, 9.17) is 11.5 Å². The Kier molecular flexibility index (Phi) is 6.02. The number of Topliss-reactive ketones (excluding diaryl/α,β-unsaturated/α-hetero) is 2. The molecule has 9 nitrogen and oxygen atoms in total. The number of aromatic amines is 1. The third-order valence-electron chi connectivity index (χ3n) is 7.54. The molecule has 5 atom stereocenters. The normalized spacial score (nSPS) is 30.3. The summed E-state index contributed by atoms with van der Waals surface area (Å²) >= 11 is 0. The van der Waals surface area contributed by atoms with Crippen LogP contribution in [0.3, 0.4) is 0 Å². The van der Waals surface area contributed by atoms with Crippen LogP contribution in [0.25, 0.3) is 0 Å². The van der Waals surface area contributed by atoms with E-state index in [1.54, 1.807) is 13.1 Å². The van der Waals surface area contributed by atoms with Crippen molar-refractivity contribution in [1.29, 1.82) is 0 Å². The third kappa shape index (κ3) is 3.71. The van der Waals surface area contributed by atoms with Crippen molar-refractivity contribution in [1.82, 2.24) is 9.97 Å². The van der Waals surface area contributed by atoms with E-state index in [0.717, 1.165) is 5.56 Å². The molecule has 174 valence electrons. The van der Waals surface area contributed by atoms with Gasteiger partial charge in [0.15, 0.2) is 11.3 Å². The van der Waals surface area contributed by atoms with Gasteiger partial charge in [-0.1, -0.05) is 30.3 Å². The van der Waals surface area contributed by atoms with Gasteiger partial charge in [-0.25, -0.2) is 14.6 Å². The summed E-state index contributed by atoms with van der Waals surface area (Å²) in [5, 5.41) is 0. The summed E-state index contributed by atoms with van der Waals surface area (Å²) in [6, 6.07) is 7.51. The van der Waals surface area contributed by atoms with Gasteiger partial charge in [0.1, 0.15) is 11.8 Å². The molecule has 1 aliphatic heterocycles. The number of H-pyrrole nitrogens is 1. The topological polar surface area (TPSA) is 149 Å². The molecule has 2 heterocycles. The number of hydrogen-bond acceptors (Lipinski definition) is 6. The van der Waals surface area contributed by atoms with Gasteiger partial charge in [-0.15, -0.1) is 0 Å². The lowest BCUT2D eigenvalue weighted by Gasteiger charge is -2.42. The van der Waals surface area contributed by atoms with Gasteiger partial charge in [-0.3, -0.25) is 9.59 Å². The van der Waals surface area contributed by atoms with Crippen LogP contribution in [0.4, 0.5) is 4.79 Å². The Morgan fingerprint density at radius 2 is 1.97 bits per heavy atom. The third-order valence-corrected chi connectivity index (χ3v) is 7.54. The fourth-order valence-electron chi connectivity index (χ4n) is 5.81. The molecule has 1 aromatic heterocycles. The van der Waals surface area contributed by atoms with Crippen LogP contribution < -0.4 is 11.5 Å². The predicted octanol–water partition coefficient (Wildman–Crippen LogP) is 1.59. The van der Waals surface area contributed by atoms with E-state index in [1.165, 1.54) is 6.33 Å². The molecule has 0 spiro atoms. The molecular formula is C24H30N5O4+. The highest BCUT2D eigenvalue weighted by Crippen LogP contribution is 2.46. The van der Waals surface area contributed by atoms with Gasteiger partial charge in [0.05, 0.1) is 12.9 Å². The maximum atomic E-state index is 14.1. The minimum Gasteiger partial charge on any atom is -0.348 e. The summed E-state index contributed by atoms with van der Waals surface area (Å²) in [7, 11) is 0. The van der Waals surface area contributed by atoms with Gasteiger partial charge in [-0.05, 0) is 12.5 Å². The van der Waals surface area contributed by atoms with E-state index >= 15 is 0 Å². The van der Waals surface area contributed by atoms with Gasteiger partial charge in [-0.2, -0.15) is 4.48 Å². The van der Waals surface area contributed by atoms with Crippen LogP contribution in [0, 0.1) is 5.92 Å². The molecule has 33 heavy (non-hydrogen) atoms. The molecule has 1 aliphatic carbocycles. The summed E-state index contributed by atoms with van der Waals surface area (Å²) in [6.45, 7) is 1.75. The number of amides is 3. The highest BCUT2D eigenvalue weighted by molar-refractivity contribution is 6.00. The van der Waals surface area contributed by atoms with Crippen molar-refractivity contribution in [3.8, 4) is 0 Å². The molecule has 3 unspecified atom stereocenters. The minimum atomic E-state index is -1.38. The highest BCUT2D eigenvalue weighted by atomic mass is 16.2. The molecule has 2 aromatic rings. The Morgan fingerprint density at radius 1 is 1.24 bits per heavy atom. The SMILES string of the molecule is C[C@]1(C(=O)C2CC(=O)CC2c2ccccc2)CCC[N+]1(C(N)=O)C(=O)[C@@H](N)Cc1cnc[nH]1. The molecule has 4 rings (SSSR count). The molecule has 1 aromatic carbocycles. The lowest BCUT2D eigenvalue weighted by Crippen LogP contribution is -2.74. The second kappa shape index (κ2) is 8.64. The lowest BCUT2D eigenvalue weighted by atomic mass is 9.76. The lowest BCUT2D eigenvalue weighted by molar-refractivity contribution is -0.802. The summed E-state index contributed by atoms with van der Waals surface area (Å²) in [4.78, 5) is 59.9. The Labute approximate surface area is 192 Å². The summed E-state index contributed by atoms with van der Waals surface area (Å²) < 4.78 is -0.812. The Morgan fingerprint density at radius 3 is 2.61 bits per heavy atom. The average molecular weight is 453 g/mol. The summed E-state index contributed by atoms with van der Waals surface area (Å²) in [5.41, 5.74) is 12.3. The van der Waals surface area contributed by atoms with Crippen molar-refractivity contribution in [3.05, 3.63) is 54.1 Å². The standard InChI is InChI=1S/C24H29N5O4/c1-24(21(31)19-12-17(30)11-18(19)15-6-3-2-4-7-15)8-5-9-29(24,23(26)33)22(32)20(25)10-16-13-27-14-28-16/h2-4,6-7,13-14,18-20H,5,8-12,25H2,1H3,(H2-,26,27,28,33)/p+1/t18?,19?,20-,24+,29?/m0/s1. The summed E-state index contributed by atoms with van der Waals surface area (Å²) in [6.07, 6.45) is 4.35. The number of rotatable bonds is 6. The number of nitrogens with two attached hydrogens (primary N) is 2. The number of urea groups is 1. The number of imide groups is 1. The largest absolute Gasteiger partial charge is 0.422 e. The van der Waals surface area contributed by atoms with E-state index in [2.05, 4.69) is 9.97 Å². The number of imidazole rings is 1. The maximum absolute atomic E-state index is 14.1. The first-order valence-electron chi connectivity index (χ1n) is 11.3. The second-order valence-corrected chi connectivity index (χ2v) is 9.41. The van der Waals surface area contributed by atoms with Crippen molar-refractivity contribution in [2.75, 3.05) is 6.54 Å². The van der Waals surface area contributed by atoms with Crippen molar-refractivity contribution < 1.29 is 23.7 Å². The van der Waals surface area contributed by atoms with Gasteiger partial charge in [0.25, 0.3) is 0 Å². The number of nitrogens with one attached hydrogen (secondary N) is 1. The smallest absolute Gasteiger partial charge is 0.348 e. The van der Waals surface area contributed by atoms with Crippen molar-refractivity contribution in [2.24, 2.45) is 17.4 Å². The van der Waals surface area contributed by atoms with E-state index in [1.807, 2.05) is 30.3 Å². The fraction of sp³-hybridized carbons (Fsp3) is 0.458. The van der Waals surface area contributed by atoms with Crippen LogP contribution in [0.1, 0.15) is 49.8 Å². The van der Waals surface area contributed by atoms with Gasteiger partial charge in [0, 0.05) is 55.8 Å².